The maximum absolute atomic E-state index is 14.4. The van der Waals surface area contributed by atoms with Crippen molar-refractivity contribution in [3.8, 4) is 0 Å². The number of cyclic esters (lactones) is 1. The van der Waals surface area contributed by atoms with E-state index in [1.165, 1.54) is 7.11 Å². The molecule has 4 aliphatic heterocycles. The van der Waals surface area contributed by atoms with Crippen LogP contribution in [0.1, 0.15) is 102 Å². The maximum atomic E-state index is 14.4. The molecule has 4 fully saturated rings. The summed E-state index contributed by atoms with van der Waals surface area (Å²) in [5.41, 5.74) is -4.07. The van der Waals surface area contributed by atoms with E-state index in [-0.39, 0.29) is 42.9 Å². The summed E-state index contributed by atoms with van der Waals surface area (Å²) >= 11 is 0. The van der Waals surface area contributed by atoms with Crippen LogP contribution < -0.4 is 0 Å². The number of nitrogens with zero attached hydrogens (tertiary/aromatic N) is 2. The van der Waals surface area contributed by atoms with Gasteiger partial charge in [-0.2, -0.15) is 0 Å². The van der Waals surface area contributed by atoms with Gasteiger partial charge in [-0.15, -0.1) is 0 Å². The van der Waals surface area contributed by atoms with E-state index in [1.54, 1.807) is 34.6 Å². The molecule has 2 unspecified atom stereocenters. The summed E-state index contributed by atoms with van der Waals surface area (Å²) < 4.78 is 44.6. The third-order valence-electron chi connectivity index (χ3n) is 13.1. The zero-order valence-corrected chi connectivity index (χ0v) is 36.1. The van der Waals surface area contributed by atoms with Crippen LogP contribution in [-0.4, -0.2) is 167 Å². The highest BCUT2D eigenvalue weighted by Gasteiger charge is 2.53. The molecule has 0 amide bonds. The van der Waals surface area contributed by atoms with Crippen molar-refractivity contribution in [3.63, 3.8) is 0 Å². The molecule has 0 spiro atoms. The Morgan fingerprint density at radius 2 is 1.60 bits per heavy atom. The lowest BCUT2D eigenvalue weighted by Gasteiger charge is -2.49. The number of likely N-dealkylation sites (N-methyl/N-ethyl adjacent to an activating group) is 1. The lowest BCUT2D eigenvalue weighted by Crippen LogP contribution is -2.61. The minimum Gasteiger partial charge on any atom is -0.459 e. The van der Waals surface area contributed by atoms with Gasteiger partial charge >= 0.3 is 5.97 Å². The number of esters is 1. The Labute approximate surface area is 330 Å². The quantitative estimate of drug-likeness (QED) is 0.278. The summed E-state index contributed by atoms with van der Waals surface area (Å²) in [6, 6.07) is -0.412. The zero-order chi connectivity index (χ0) is 41.4. The number of methoxy groups -OCH3 is 1. The van der Waals surface area contributed by atoms with Gasteiger partial charge in [0.2, 0.25) is 0 Å². The van der Waals surface area contributed by atoms with Crippen molar-refractivity contribution < 1.29 is 58.4 Å². The minimum atomic E-state index is -1.54. The monoisotopic (exact) mass is 789 g/mol. The number of aliphatic hydroxyl groups excluding tert-OH is 2. The van der Waals surface area contributed by atoms with Crippen LogP contribution in [0.15, 0.2) is 0 Å². The molecular weight excluding hydrogens is 712 g/mol. The molecule has 0 aromatic heterocycles. The van der Waals surface area contributed by atoms with E-state index < -0.39 is 89.9 Å². The van der Waals surface area contributed by atoms with Gasteiger partial charge in [-0.25, -0.2) is 0 Å². The van der Waals surface area contributed by atoms with E-state index in [0.717, 1.165) is 0 Å². The summed E-state index contributed by atoms with van der Waals surface area (Å²) in [6.07, 6.45) is -7.06. The van der Waals surface area contributed by atoms with Gasteiger partial charge in [-0.3, -0.25) is 9.69 Å². The molecule has 0 aliphatic carbocycles. The van der Waals surface area contributed by atoms with E-state index in [9.17, 15) is 25.2 Å². The molecule has 55 heavy (non-hydrogen) atoms. The summed E-state index contributed by atoms with van der Waals surface area (Å²) in [5, 5.41) is 47.7. The molecule has 4 rings (SSSR count). The van der Waals surface area contributed by atoms with Crippen LogP contribution in [0.2, 0.25) is 0 Å². The second-order valence-corrected chi connectivity index (χ2v) is 18.6. The van der Waals surface area contributed by atoms with E-state index in [0.29, 0.717) is 32.5 Å². The number of ether oxygens (including phenoxy) is 7. The molecule has 0 aromatic carbocycles. The van der Waals surface area contributed by atoms with Crippen LogP contribution in [0.4, 0.5) is 0 Å². The van der Waals surface area contributed by atoms with Crippen molar-refractivity contribution in [2.24, 2.45) is 23.7 Å². The Morgan fingerprint density at radius 1 is 0.945 bits per heavy atom. The Morgan fingerprint density at radius 3 is 2.20 bits per heavy atom. The highest BCUT2D eigenvalue weighted by Crippen LogP contribution is 2.40. The molecule has 322 valence electrons. The van der Waals surface area contributed by atoms with Crippen LogP contribution in [-0.2, 0) is 38.0 Å². The van der Waals surface area contributed by atoms with Gasteiger partial charge in [0.15, 0.2) is 12.6 Å². The summed E-state index contributed by atoms with van der Waals surface area (Å²) in [7, 11) is 5.34. The van der Waals surface area contributed by atoms with Crippen LogP contribution in [0, 0.1) is 23.7 Å². The zero-order valence-electron chi connectivity index (χ0n) is 36.1. The number of carbonyl (C=O) groups excluding carboxylic acids is 1. The summed E-state index contributed by atoms with van der Waals surface area (Å²) in [4.78, 5) is 18.7. The Bertz CT molecular complexity index is 1240. The van der Waals surface area contributed by atoms with Gasteiger partial charge in [0, 0.05) is 44.6 Å². The molecule has 4 N–H and O–H groups in total. The van der Waals surface area contributed by atoms with Gasteiger partial charge in [0.25, 0.3) is 0 Å². The molecule has 14 nitrogen and oxygen atoms in total. The largest absolute Gasteiger partial charge is 0.459 e. The molecule has 0 aromatic rings. The van der Waals surface area contributed by atoms with Crippen LogP contribution in [0.25, 0.3) is 0 Å². The van der Waals surface area contributed by atoms with Gasteiger partial charge in [0.05, 0.1) is 54.2 Å². The summed E-state index contributed by atoms with van der Waals surface area (Å²) in [6.45, 7) is 22.3. The first-order valence-corrected chi connectivity index (χ1v) is 20.7. The predicted molar refractivity (Wildman–Crippen MR) is 206 cm³/mol. The van der Waals surface area contributed by atoms with Crippen molar-refractivity contribution in [2.75, 3.05) is 40.9 Å². The molecule has 0 radical (unpaired) electrons. The molecule has 14 heteroatoms. The van der Waals surface area contributed by atoms with Crippen molar-refractivity contribution in [1.82, 2.24) is 9.80 Å². The molecule has 20 atom stereocenters. The van der Waals surface area contributed by atoms with Gasteiger partial charge in [-0.1, -0.05) is 27.7 Å². The van der Waals surface area contributed by atoms with E-state index >= 15 is 0 Å². The van der Waals surface area contributed by atoms with Crippen LogP contribution in [0.3, 0.4) is 0 Å². The normalized spacial score (nSPS) is 51.1. The third kappa shape index (κ3) is 10.4. The highest BCUT2D eigenvalue weighted by molar-refractivity contribution is 5.73. The Kier molecular flexibility index (Phi) is 15.7. The average molecular weight is 789 g/mol. The first-order valence-electron chi connectivity index (χ1n) is 20.7. The average Bonchev–Trinajstić information content (AvgIpc) is 3.09. The standard InChI is InChI=1S/C41H76N2O12/c1-15-30-41(11,48)35-23(3)20-43(19-22(2)21-50-35)24(4)17-39(9,47)36(55-38-32(44)29(42(12)13)16-25(5)51-38)26(6)33(27(7)37(46)53-30)54-31-18-40(10,49-14)34(45)28(8)52-31/h22-36,38,44-45,47-48H,15-21H2,1-14H3/t22?,23-,24+,25+,26-,27+,28-,29-,30+,31-,32+,33-,34-,35+,36+,38-,39+,40+,41+/m0/s1. The van der Waals surface area contributed by atoms with Gasteiger partial charge in [-0.05, 0) is 93.7 Å². The fourth-order valence-corrected chi connectivity index (χ4v) is 9.83. The SMILES string of the molecule is CC[C@H]1OC(=O)[C@H](C)[C@@H](O[C@H]2C[C@@](C)(OC)[C@@H](O)[C@H](C)O2)[C@H](C)[C@@H](O[C@@H]2O[C@H](C)C[C@H](N(C)C)[C@H]2O)[C@](C)(O)C[C@@H](C)N2CC(C)CO[C@H]([C@@H](C)C2)[C@]1(C)O. The molecule has 2 bridgehead atoms. The van der Waals surface area contributed by atoms with Crippen LogP contribution in [0.5, 0.6) is 0 Å². The second-order valence-electron chi connectivity index (χ2n) is 18.6. The molecule has 4 saturated heterocycles. The van der Waals surface area contributed by atoms with Crippen molar-refractivity contribution in [3.05, 3.63) is 0 Å². The first kappa shape index (κ1) is 46.7. The fourth-order valence-electron chi connectivity index (χ4n) is 9.83. The molecule has 0 saturated carbocycles. The second kappa shape index (κ2) is 18.5. The lowest BCUT2D eigenvalue weighted by atomic mass is 9.78. The molecule has 4 aliphatic rings. The number of hydrogen-bond donors (Lipinski definition) is 4. The highest BCUT2D eigenvalue weighted by atomic mass is 16.7. The topological polar surface area (TPSA) is 169 Å². The predicted octanol–water partition coefficient (Wildman–Crippen LogP) is 2.94. The van der Waals surface area contributed by atoms with Crippen molar-refractivity contribution in [2.45, 2.75) is 192 Å². The van der Waals surface area contributed by atoms with Gasteiger partial charge in [0.1, 0.15) is 23.9 Å². The maximum Gasteiger partial charge on any atom is 0.311 e. The van der Waals surface area contributed by atoms with Crippen molar-refractivity contribution in [1.29, 1.82) is 0 Å². The van der Waals surface area contributed by atoms with E-state index in [4.69, 9.17) is 33.2 Å². The minimum absolute atomic E-state index is 0.115. The van der Waals surface area contributed by atoms with Gasteiger partial charge < -0.3 is 58.5 Å². The Hall–Kier alpha value is -1.01. The Balaban J connectivity index is 1.86. The number of fused-ring (bicyclic) bond motifs is 3. The van der Waals surface area contributed by atoms with Crippen molar-refractivity contribution >= 4 is 5.97 Å². The number of hydrogen-bond acceptors (Lipinski definition) is 14. The first-order chi connectivity index (χ1) is 25.5. The van der Waals surface area contributed by atoms with E-state index in [2.05, 4.69) is 18.7 Å². The third-order valence-corrected chi connectivity index (χ3v) is 13.1. The molecular formula is C41H76N2O12. The number of aliphatic hydroxyl groups is 4. The van der Waals surface area contributed by atoms with E-state index in [1.807, 2.05) is 46.7 Å². The summed E-state index contributed by atoms with van der Waals surface area (Å²) in [5.74, 6) is -2.33. The fraction of sp³-hybridized carbons (Fsp3) is 0.976. The number of carbonyl (C=O) groups is 1. The van der Waals surface area contributed by atoms with Crippen LogP contribution >= 0.6 is 0 Å². The number of rotatable bonds is 7. The smallest absolute Gasteiger partial charge is 0.311 e. The lowest BCUT2D eigenvalue weighted by molar-refractivity contribution is -0.318. The molecule has 4 heterocycles.